The number of ketones is 1. The first-order valence-corrected chi connectivity index (χ1v) is 12.2. The molecule has 0 radical (unpaired) electrons. The van der Waals surface area contributed by atoms with Crippen molar-refractivity contribution in [2.45, 2.75) is 13.3 Å². The Labute approximate surface area is 180 Å². The summed E-state index contributed by atoms with van der Waals surface area (Å²) < 4.78 is 19.8. The summed E-state index contributed by atoms with van der Waals surface area (Å²) in [6.45, 7) is 5.09. The summed E-state index contributed by atoms with van der Waals surface area (Å²) in [6, 6.07) is 8.69. The van der Waals surface area contributed by atoms with Gasteiger partial charge in [-0.15, -0.1) is 4.91 Å². The first-order chi connectivity index (χ1) is 14.7. The van der Waals surface area contributed by atoms with Crippen LogP contribution in [0.5, 0.6) is 5.75 Å². The summed E-state index contributed by atoms with van der Waals surface area (Å²) in [5, 5.41) is 10.4. The van der Waals surface area contributed by atoms with Gasteiger partial charge in [0.1, 0.15) is 12.6 Å². The number of ether oxygens (including phenoxy) is 1. The number of nitroso groups, excluding NO2 is 1. The predicted molar refractivity (Wildman–Crippen MR) is 122 cm³/mol. The van der Waals surface area contributed by atoms with E-state index < -0.39 is 7.14 Å². The molecule has 3 rings (SSSR count). The van der Waals surface area contributed by atoms with Gasteiger partial charge in [-0.1, -0.05) is 13.0 Å². The molecule has 1 N–H and O–H groups in total. The largest absolute Gasteiger partial charge is 0.494 e. The third kappa shape index (κ3) is 4.56. The van der Waals surface area contributed by atoms with Crippen molar-refractivity contribution in [3.8, 4) is 17.0 Å². The Morgan fingerprint density at radius 2 is 2.00 bits per heavy atom. The summed E-state index contributed by atoms with van der Waals surface area (Å²) in [6.07, 6.45) is 1.63. The van der Waals surface area contributed by atoms with Gasteiger partial charge in [0.15, 0.2) is 17.4 Å². The molecule has 1 aromatic carbocycles. The number of anilines is 2. The van der Waals surface area contributed by atoms with Gasteiger partial charge in [-0.3, -0.25) is 9.48 Å². The van der Waals surface area contributed by atoms with Gasteiger partial charge in [-0.2, -0.15) is 5.10 Å². The molecular weight excluding hydrogens is 417 g/mol. The summed E-state index contributed by atoms with van der Waals surface area (Å²) >= 11 is 0. The van der Waals surface area contributed by atoms with E-state index >= 15 is 0 Å². The highest BCUT2D eigenvalue weighted by molar-refractivity contribution is 7.69. The van der Waals surface area contributed by atoms with Gasteiger partial charge in [0.2, 0.25) is 0 Å². The Morgan fingerprint density at radius 1 is 1.26 bits per heavy atom. The van der Waals surface area contributed by atoms with Crippen LogP contribution in [0, 0.1) is 4.91 Å². The monoisotopic (exact) mass is 441 g/mol. The van der Waals surface area contributed by atoms with Crippen LogP contribution >= 0.6 is 7.14 Å². The van der Waals surface area contributed by atoms with Crippen LogP contribution in [0.15, 0.2) is 41.7 Å². The molecule has 0 unspecified atom stereocenters. The molecule has 162 valence electrons. The minimum Gasteiger partial charge on any atom is -0.494 e. The van der Waals surface area contributed by atoms with Gasteiger partial charge in [-0.25, -0.2) is 4.98 Å². The molecule has 0 spiro atoms. The maximum Gasteiger partial charge on any atom is 0.198 e. The smallest absolute Gasteiger partial charge is 0.198 e. The maximum atomic E-state index is 12.5. The highest BCUT2D eigenvalue weighted by atomic mass is 31.2. The molecule has 0 amide bonds. The zero-order valence-corrected chi connectivity index (χ0v) is 18.9. The van der Waals surface area contributed by atoms with E-state index in [9.17, 15) is 14.3 Å². The minimum absolute atomic E-state index is 0.0387. The van der Waals surface area contributed by atoms with E-state index in [1.807, 2.05) is 12.1 Å². The van der Waals surface area contributed by atoms with Crippen LogP contribution in [-0.2, 0) is 11.6 Å². The van der Waals surface area contributed by atoms with E-state index in [1.165, 1.54) is 19.4 Å². The topological polar surface area (TPSA) is 116 Å². The second-order valence-corrected chi connectivity index (χ2v) is 10.5. The molecule has 0 atom stereocenters. The van der Waals surface area contributed by atoms with Crippen LogP contribution < -0.4 is 15.5 Å². The molecule has 0 fully saturated rings. The van der Waals surface area contributed by atoms with Crippen LogP contribution in [0.1, 0.15) is 23.7 Å². The second-order valence-electron chi connectivity index (χ2n) is 7.33. The lowest BCUT2D eigenvalue weighted by molar-refractivity contribution is 0.0988. The fraction of sp³-hybridized carbons (Fsp3) is 0.286. The zero-order valence-electron chi connectivity index (χ0n) is 18.0. The molecule has 0 saturated heterocycles. The third-order valence-electron chi connectivity index (χ3n) is 4.79. The van der Waals surface area contributed by atoms with E-state index in [0.717, 1.165) is 11.3 Å². The van der Waals surface area contributed by atoms with Crippen molar-refractivity contribution in [2.75, 3.05) is 25.8 Å². The van der Waals surface area contributed by atoms with Gasteiger partial charge in [0.25, 0.3) is 0 Å². The lowest BCUT2D eigenvalue weighted by atomic mass is 10.1. The molecule has 0 aliphatic heterocycles. The molecule has 2 heterocycles. The Bertz CT molecular complexity index is 1200. The zero-order chi connectivity index (χ0) is 22.8. The van der Waals surface area contributed by atoms with Crippen molar-refractivity contribution in [1.82, 2.24) is 14.8 Å². The SMILES string of the molecule is CCC(=O)c1cnc(N=O)cc1Nc1cccc(-c2cc(P(C)(C)=O)nn2C)c1OC. The first-order valence-electron chi connectivity index (χ1n) is 9.60. The highest BCUT2D eigenvalue weighted by Crippen LogP contribution is 2.40. The Hall–Kier alpha value is -3.32. The Balaban J connectivity index is 2.12. The van der Waals surface area contributed by atoms with Crippen LogP contribution in [0.4, 0.5) is 17.2 Å². The number of carbonyl (C=O) groups excluding carboxylic acids is 1. The van der Waals surface area contributed by atoms with E-state index in [2.05, 4.69) is 20.6 Å². The molecule has 10 heteroatoms. The molecular formula is C21H24N5O4P. The standard InChI is InChI=1S/C21H24N5O4P/c1-6-18(27)14-12-22-19(25-28)10-16(14)23-15-9-7-8-13(21(15)30-3)17-11-20(24-26(17)2)31(4,5)29/h7-12H,6H2,1-5H3,(H,22,23). The van der Waals surface area contributed by atoms with Crippen molar-refractivity contribution >= 4 is 35.6 Å². The number of para-hydroxylation sites is 1. The summed E-state index contributed by atoms with van der Waals surface area (Å²) in [7, 11) is 0.773. The summed E-state index contributed by atoms with van der Waals surface area (Å²) in [5.74, 6) is 0.343. The summed E-state index contributed by atoms with van der Waals surface area (Å²) in [4.78, 5) is 27.2. The van der Waals surface area contributed by atoms with Crippen LogP contribution in [0.2, 0.25) is 0 Å². The molecule has 0 aliphatic rings. The normalized spacial score (nSPS) is 11.3. The van der Waals surface area contributed by atoms with E-state index in [1.54, 1.807) is 44.1 Å². The van der Waals surface area contributed by atoms with Crippen molar-refractivity contribution < 1.29 is 14.1 Å². The average molecular weight is 441 g/mol. The van der Waals surface area contributed by atoms with Crippen LogP contribution in [-0.4, -0.2) is 41.0 Å². The molecule has 0 saturated carbocycles. The number of pyridine rings is 1. The number of benzene rings is 1. The van der Waals surface area contributed by atoms with Gasteiger partial charge < -0.3 is 14.6 Å². The van der Waals surface area contributed by atoms with Crippen LogP contribution in [0.25, 0.3) is 11.3 Å². The first kappa shape index (κ1) is 22.4. The Morgan fingerprint density at radius 3 is 2.58 bits per heavy atom. The van der Waals surface area contributed by atoms with Gasteiger partial charge >= 0.3 is 0 Å². The number of hydrogen-bond acceptors (Lipinski definition) is 8. The third-order valence-corrected chi connectivity index (χ3v) is 6.11. The second kappa shape index (κ2) is 8.81. The summed E-state index contributed by atoms with van der Waals surface area (Å²) in [5.41, 5.74) is 3.32. The number of methoxy groups -OCH3 is 1. The number of carbonyl (C=O) groups is 1. The number of Topliss-reactive ketones (excluding diaryl/α,β-unsaturated/α-hetero) is 1. The number of nitrogens with zero attached hydrogens (tertiary/aromatic N) is 4. The highest BCUT2D eigenvalue weighted by Gasteiger charge is 2.21. The minimum atomic E-state index is -2.54. The molecule has 0 aliphatic carbocycles. The number of nitrogens with one attached hydrogen (secondary N) is 1. The van der Waals surface area contributed by atoms with E-state index in [-0.39, 0.29) is 18.0 Å². The van der Waals surface area contributed by atoms with E-state index in [4.69, 9.17) is 4.74 Å². The number of aryl methyl sites for hydroxylation is 1. The lowest BCUT2D eigenvalue weighted by Crippen LogP contribution is -2.06. The number of aromatic nitrogens is 3. The average Bonchev–Trinajstić information content (AvgIpc) is 3.15. The van der Waals surface area contributed by atoms with Crippen molar-refractivity contribution in [3.63, 3.8) is 0 Å². The van der Waals surface area contributed by atoms with Crippen LogP contribution in [0.3, 0.4) is 0 Å². The van der Waals surface area contributed by atoms with Crippen molar-refractivity contribution in [1.29, 1.82) is 0 Å². The lowest BCUT2D eigenvalue weighted by Gasteiger charge is -2.17. The quantitative estimate of drug-likeness (QED) is 0.311. The van der Waals surface area contributed by atoms with Gasteiger partial charge in [0.05, 0.1) is 29.7 Å². The fourth-order valence-electron chi connectivity index (χ4n) is 3.18. The predicted octanol–water partition coefficient (Wildman–Crippen LogP) is 4.47. The number of rotatable bonds is 8. The molecule has 9 nitrogen and oxygen atoms in total. The fourth-order valence-corrected chi connectivity index (χ4v) is 3.96. The Kier molecular flexibility index (Phi) is 6.36. The van der Waals surface area contributed by atoms with E-state index in [0.29, 0.717) is 28.1 Å². The maximum absolute atomic E-state index is 12.5. The van der Waals surface area contributed by atoms with Gasteiger partial charge in [0, 0.05) is 31.3 Å². The molecule has 0 bridgehead atoms. The molecule has 3 aromatic rings. The molecule has 2 aromatic heterocycles. The van der Waals surface area contributed by atoms with Crippen molar-refractivity contribution in [2.24, 2.45) is 12.2 Å². The number of hydrogen-bond donors (Lipinski definition) is 1. The van der Waals surface area contributed by atoms with Gasteiger partial charge in [-0.05, 0) is 36.7 Å². The molecule has 31 heavy (non-hydrogen) atoms. The van der Waals surface area contributed by atoms with Crippen molar-refractivity contribution in [3.05, 3.63) is 47.0 Å².